The molecule has 3 heteroatoms. The molecule has 2 N–H and O–H groups in total. The highest BCUT2D eigenvalue weighted by molar-refractivity contribution is 5.80. The van der Waals surface area contributed by atoms with Crippen molar-refractivity contribution in [2.45, 2.75) is 0 Å². The van der Waals surface area contributed by atoms with E-state index in [1.807, 2.05) is 25.1 Å². The number of carbonyl (C=O) groups is 1. The summed E-state index contributed by atoms with van der Waals surface area (Å²) >= 11 is 0. The summed E-state index contributed by atoms with van der Waals surface area (Å²) in [5.41, 5.74) is 7.87. The molecule has 0 saturated heterocycles. The molecule has 0 atom stereocenters. The Morgan fingerprint density at radius 2 is 2.08 bits per heavy atom. The zero-order valence-electron chi connectivity index (χ0n) is 7.24. The Hall–Kier alpha value is -1.51. The normalized spacial score (nSPS) is 9.50. The van der Waals surface area contributed by atoms with Crippen molar-refractivity contribution in [3.05, 3.63) is 23.8 Å². The van der Waals surface area contributed by atoms with Crippen LogP contribution in [-0.4, -0.2) is 20.4 Å². The minimum absolute atomic E-state index is 0.609. The van der Waals surface area contributed by atoms with Crippen LogP contribution in [0.25, 0.3) is 0 Å². The van der Waals surface area contributed by atoms with Crippen molar-refractivity contribution >= 4 is 17.7 Å². The molecule has 0 aromatic heterocycles. The first-order valence-electron chi connectivity index (χ1n) is 3.67. The highest BCUT2D eigenvalue weighted by Gasteiger charge is 2.00. The lowest BCUT2D eigenvalue weighted by Gasteiger charge is -2.14. The number of hydrogen-bond donors (Lipinski definition) is 1. The van der Waals surface area contributed by atoms with E-state index in [-0.39, 0.29) is 0 Å². The molecular weight excluding hydrogens is 152 g/mol. The van der Waals surface area contributed by atoms with Gasteiger partial charge in [-0.1, -0.05) is 0 Å². The van der Waals surface area contributed by atoms with Crippen LogP contribution in [0.2, 0.25) is 0 Å². The number of rotatable bonds is 2. The van der Waals surface area contributed by atoms with Gasteiger partial charge in [0, 0.05) is 19.7 Å². The number of benzene rings is 1. The van der Waals surface area contributed by atoms with E-state index in [0.29, 0.717) is 11.3 Å². The van der Waals surface area contributed by atoms with Crippen molar-refractivity contribution in [1.29, 1.82) is 0 Å². The fourth-order valence-electron chi connectivity index (χ4n) is 1.05. The van der Waals surface area contributed by atoms with Crippen LogP contribution < -0.4 is 10.6 Å². The molecule has 0 aliphatic carbocycles. The second-order valence-electron chi connectivity index (χ2n) is 2.83. The van der Waals surface area contributed by atoms with Crippen LogP contribution in [0.4, 0.5) is 11.4 Å². The van der Waals surface area contributed by atoms with Gasteiger partial charge in [-0.05, 0) is 18.2 Å². The summed E-state index contributed by atoms with van der Waals surface area (Å²) in [7, 11) is 3.82. The number of hydrogen-bond acceptors (Lipinski definition) is 3. The van der Waals surface area contributed by atoms with Crippen LogP contribution in [0.3, 0.4) is 0 Å². The summed E-state index contributed by atoms with van der Waals surface area (Å²) in [5.74, 6) is 0. The molecule has 0 saturated carbocycles. The van der Waals surface area contributed by atoms with Gasteiger partial charge in [0.25, 0.3) is 0 Å². The number of anilines is 2. The first-order chi connectivity index (χ1) is 5.65. The fraction of sp³-hybridized carbons (Fsp3) is 0.222. The van der Waals surface area contributed by atoms with E-state index in [1.165, 1.54) is 0 Å². The van der Waals surface area contributed by atoms with Gasteiger partial charge in [0.1, 0.15) is 6.29 Å². The molecule has 0 fully saturated rings. The van der Waals surface area contributed by atoms with Crippen LogP contribution in [0.1, 0.15) is 10.4 Å². The maximum Gasteiger partial charge on any atom is 0.150 e. The molecule has 0 unspecified atom stereocenters. The van der Waals surface area contributed by atoms with Crippen LogP contribution in [0.15, 0.2) is 18.2 Å². The highest BCUT2D eigenvalue weighted by Crippen LogP contribution is 2.21. The maximum atomic E-state index is 10.4. The molecule has 0 heterocycles. The zero-order chi connectivity index (χ0) is 9.14. The molecule has 0 aliphatic rings. The summed E-state index contributed by atoms with van der Waals surface area (Å²) < 4.78 is 0. The van der Waals surface area contributed by atoms with Crippen LogP contribution in [0, 0.1) is 0 Å². The van der Waals surface area contributed by atoms with Crippen LogP contribution >= 0.6 is 0 Å². The van der Waals surface area contributed by atoms with E-state index in [0.717, 1.165) is 12.0 Å². The van der Waals surface area contributed by atoms with Gasteiger partial charge < -0.3 is 10.6 Å². The molecular formula is C9H12N2O. The minimum atomic E-state index is 0.609. The van der Waals surface area contributed by atoms with Gasteiger partial charge in [0.2, 0.25) is 0 Å². The first kappa shape index (κ1) is 8.59. The summed E-state index contributed by atoms with van der Waals surface area (Å²) in [4.78, 5) is 12.3. The topological polar surface area (TPSA) is 46.3 Å². The van der Waals surface area contributed by atoms with Crippen molar-refractivity contribution < 1.29 is 4.79 Å². The van der Waals surface area contributed by atoms with Crippen molar-refractivity contribution in [2.24, 2.45) is 0 Å². The van der Waals surface area contributed by atoms with E-state index >= 15 is 0 Å². The minimum Gasteiger partial charge on any atom is -0.397 e. The molecule has 0 spiro atoms. The van der Waals surface area contributed by atoms with Gasteiger partial charge >= 0.3 is 0 Å². The number of carbonyl (C=O) groups excluding carboxylic acids is 1. The monoisotopic (exact) mass is 164 g/mol. The van der Waals surface area contributed by atoms with E-state index in [2.05, 4.69) is 0 Å². The second-order valence-corrected chi connectivity index (χ2v) is 2.83. The molecule has 64 valence electrons. The molecule has 0 amide bonds. The third kappa shape index (κ3) is 1.56. The Kier molecular flexibility index (Phi) is 2.33. The Balaban J connectivity index is 3.11. The lowest BCUT2D eigenvalue weighted by atomic mass is 10.2. The number of nitrogens with two attached hydrogens (primary N) is 1. The number of nitrogens with zero attached hydrogens (tertiary/aromatic N) is 1. The standard InChI is InChI=1S/C9H12N2O/c1-11(2)9-4-3-7(6-12)5-8(9)10/h3-6H,10H2,1-2H3. The molecule has 12 heavy (non-hydrogen) atoms. The Morgan fingerprint density at radius 3 is 2.50 bits per heavy atom. The van der Waals surface area contributed by atoms with Gasteiger partial charge in [0.15, 0.2) is 0 Å². The average molecular weight is 164 g/mol. The number of nitrogen functional groups attached to an aromatic ring is 1. The predicted molar refractivity (Wildman–Crippen MR) is 50.6 cm³/mol. The molecule has 0 radical (unpaired) electrons. The van der Waals surface area contributed by atoms with Gasteiger partial charge in [0.05, 0.1) is 11.4 Å². The van der Waals surface area contributed by atoms with Gasteiger partial charge in [-0.25, -0.2) is 0 Å². The largest absolute Gasteiger partial charge is 0.397 e. The average Bonchev–Trinajstić information content (AvgIpc) is 2.03. The molecule has 0 aliphatic heterocycles. The zero-order valence-corrected chi connectivity index (χ0v) is 7.24. The summed E-state index contributed by atoms with van der Waals surface area (Å²) in [6.45, 7) is 0. The van der Waals surface area contributed by atoms with E-state index in [9.17, 15) is 4.79 Å². The van der Waals surface area contributed by atoms with E-state index < -0.39 is 0 Å². The van der Waals surface area contributed by atoms with E-state index in [1.54, 1.807) is 12.1 Å². The Bertz CT molecular complexity index is 295. The van der Waals surface area contributed by atoms with E-state index in [4.69, 9.17) is 5.73 Å². The Labute approximate surface area is 71.8 Å². The first-order valence-corrected chi connectivity index (χ1v) is 3.67. The van der Waals surface area contributed by atoms with Crippen molar-refractivity contribution in [1.82, 2.24) is 0 Å². The smallest absolute Gasteiger partial charge is 0.150 e. The molecule has 1 aromatic carbocycles. The Morgan fingerprint density at radius 1 is 1.42 bits per heavy atom. The van der Waals surface area contributed by atoms with Crippen LogP contribution in [-0.2, 0) is 0 Å². The summed E-state index contributed by atoms with van der Waals surface area (Å²) in [6.07, 6.45) is 0.787. The van der Waals surface area contributed by atoms with Crippen molar-refractivity contribution in [3.63, 3.8) is 0 Å². The van der Waals surface area contributed by atoms with Gasteiger partial charge in [-0.2, -0.15) is 0 Å². The second kappa shape index (κ2) is 3.26. The van der Waals surface area contributed by atoms with Crippen molar-refractivity contribution in [2.75, 3.05) is 24.7 Å². The predicted octanol–water partition coefficient (Wildman–Crippen LogP) is 1.15. The number of aldehydes is 1. The molecule has 0 bridgehead atoms. The quantitative estimate of drug-likeness (QED) is 0.526. The third-order valence-corrected chi connectivity index (χ3v) is 1.67. The van der Waals surface area contributed by atoms with Gasteiger partial charge in [-0.15, -0.1) is 0 Å². The lowest BCUT2D eigenvalue weighted by molar-refractivity contribution is 0.112. The third-order valence-electron chi connectivity index (χ3n) is 1.67. The SMILES string of the molecule is CN(C)c1ccc(C=O)cc1N. The summed E-state index contributed by atoms with van der Waals surface area (Å²) in [6, 6.07) is 5.25. The summed E-state index contributed by atoms with van der Waals surface area (Å²) in [5, 5.41) is 0. The maximum absolute atomic E-state index is 10.4. The van der Waals surface area contributed by atoms with Crippen molar-refractivity contribution in [3.8, 4) is 0 Å². The lowest BCUT2D eigenvalue weighted by Crippen LogP contribution is -2.11. The van der Waals surface area contributed by atoms with Gasteiger partial charge in [-0.3, -0.25) is 4.79 Å². The molecule has 1 aromatic rings. The fourth-order valence-corrected chi connectivity index (χ4v) is 1.05. The molecule has 3 nitrogen and oxygen atoms in total. The highest BCUT2D eigenvalue weighted by atomic mass is 16.1. The molecule has 1 rings (SSSR count). The van der Waals surface area contributed by atoms with Crippen LogP contribution in [0.5, 0.6) is 0 Å².